The molecule has 80 valence electrons. The lowest BCUT2D eigenvalue weighted by molar-refractivity contribution is -0.384. The Morgan fingerprint density at radius 3 is 2.56 bits per heavy atom. The fourth-order valence-corrected chi connectivity index (χ4v) is 1.43. The van der Waals surface area contributed by atoms with Gasteiger partial charge in [-0.25, -0.2) is 9.97 Å². The van der Waals surface area contributed by atoms with Crippen molar-refractivity contribution in [3.05, 3.63) is 51.9 Å². The molecule has 0 aliphatic carbocycles. The van der Waals surface area contributed by atoms with Gasteiger partial charge in [0, 0.05) is 5.56 Å². The van der Waals surface area contributed by atoms with Gasteiger partial charge in [-0.3, -0.25) is 10.1 Å². The first-order chi connectivity index (χ1) is 7.68. The lowest BCUT2D eigenvalue weighted by Gasteiger charge is -2.01. The molecule has 2 aromatic rings. The molecule has 0 bridgehead atoms. The molecule has 5 nitrogen and oxygen atoms in total. The molecule has 0 aliphatic heterocycles. The van der Waals surface area contributed by atoms with Crippen LogP contribution in [0.15, 0.2) is 36.5 Å². The average Bonchev–Trinajstić information content (AvgIpc) is 2.29. The van der Waals surface area contributed by atoms with E-state index in [1.165, 1.54) is 0 Å². The third-order valence-electron chi connectivity index (χ3n) is 1.98. The highest BCUT2D eigenvalue weighted by Gasteiger charge is 2.17. The van der Waals surface area contributed by atoms with Gasteiger partial charge in [0.25, 0.3) is 0 Å². The van der Waals surface area contributed by atoms with Crippen LogP contribution in [0.1, 0.15) is 0 Å². The number of aromatic nitrogens is 2. The Kier molecular flexibility index (Phi) is 2.78. The summed E-state index contributed by atoms with van der Waals surface area (Å²) in [6.45, 7) is 0. The van der Waals surface area contributed by atoms with E-state index in [4.69, 9.17) is 11.6 Å². The quantitative estimate of drug-likeness (QED) is 0.456. The molecule has 1 aromatic heterocycles. The molecule has 2 rings (SSSR count). The summed E-state index contributed by atoms with van der Waals surface area (Å²) in [7, 11) is 0. The number of hydrogen-bond acceptors (Lipinski definition) is 4. The smallest absolute Gasteiger partial charge is 0.258 e. The van der Waals surface area contributed by atoms with E-state index >= 15 is 0 Å². The predicted molar refractivity (Wildman–Crippen MR) is 59.1 cm³/mol. The maximum absolute atomic E-state index is 10.8. The minimum atomic E-state index is -0.529. The van der Waals surface area contributed by atoms with Gasteiger partial charge in [-0.1, -0.05) is 30.3 Å². The zero-order valence-corrected chi connectivity index (χ0v) is 8.76. The lowest BCUT2D eigenvalue weighted by Crippen LogP contribution is -1.96. The monoisotopic (exact) mass is 235 g/mol. The number of nitrogens with zero attached hydrogens (tertiary/aromatic N) is 3. The molecule has 0 unspecified atom stereocenters. The SMILES string of the molecule is O=[N+]([O-])c1cnc(Cl)nc1-c1ccccc1. The number of rotatable bonds is 2. The largest absolute Gasteiger partial charge is 0.313 e. The van der Waals surface area contributed by atoms with Crippen LogP contribution >= 0.6 is 11.6 Å². The molecule has 0 saturated carbocycles. The normalized spacial score (nSPS) is 10.1. The summed E-state index contributed by atoms with van der Waals surface area (Å²) in [4.78, 5) is 17.7. The van der Waals surface area contributed by atoms with Crippen LogP contribution in [0, 0.1) is 10.1 Å². The van der Waals surface area contributed by atoms with E-state index in [0.717, 1.165) is 6.20 Å². The van der Waals surface area contributed by atoms with Crippen molar-refractivity contribution >= 4 is 17.3 Å². The maximum atomic E-state index is 10.8. The van der Waals surface area contributed by atoms with E-state index in [1.54, 1.807) is 24.3 Å². The van der Waals surface area contributed by atoms with Crippen molar-refractivity contribution in [2.75, 3.05) is 0 Å². The standard InChI is InChI=1S/C10H6ClN3O2/c11-10-12-6-8(14(15)16)9(13-10)7-4-2-1-3-5-7/h1-6H. The molecule has 0 fully saturated rings. The molecule has 0 N–H and O–H groups in total. The summed E-state index contributed by atoms with van der Waals surface area (Å²) in [5, 5.41) is 10.8. The Hall–Kier alpha value is -2.01. The molecule has 0 saturated heterocycles. The third kappa shape index (κ3) is 1.99. The zero-order chi connectivity index (χ0) is 11.5. The van der Waals surface area contributed by atoms with Crippen LogP contribution in [-0.4, -0.2) is 14.9 Å². The topological polar surface area (TPSA) is 68.9 Å². The number of nitro groups is 1. The van der Waals surface area contributed by atoms with E-state index in [1.807, 2.05) is 6.07 Å². The maximum Gasteiger partial charge on any atom is 0.313 e. The van der Waals surface area contributed by atoms with E-state index in [2.05, 4.69) is 9.97 Å². The van der Waals surface area contributed by atoms with E-state index in [9.17, 15) is 10.1 Å². The molecule has 0 atom stereocenters. The van der Waals surface area contributed by atoms with E-state index in [0.29, 0.717) is 5.56 Å². The first-order valence-electron chi connectivity index (χ1n) is 4.41. The fourth-order valence-electron chi connectivity index (χ4n) is 1.30. The van der Waals surface area contributed by atoms with Gasteiger partial charge in [-0.15, -0.1) is 0 Å². The van der Waals surface area contributed by atoms with Crippen LogP contribution in [0.5, 0.6) is 0 Å². The van der Waals surface area contributed by atoms with Gasteiger partial charge in [-0.2, -0.15) is 0 Å². The lowest BCUT2D eigenvalue weighted by atomic mass is 10.1. The summed E-state index contributed by atoms with van der Waals surface area (Å²) >= 11 is 5.63. The fraction of sp³-hybridized carbons (Fsp3) is 0. The average molecular weight is 236 g/mol. The highest BCUT2D eigenvalue weighted by molar-refractivity contribution is 6.28. The van der Waals surface area contributed by atoms with E-state index in [-0.39, 0.29) is 16.7 Å². The summed E-state index contributed by atoms with van der Waals surface area (Å²) < 4.78 is 0. The Bertz CT molecular complexity index is 531. The summed E-state index contributed by atoms with van der Waals surface area (Å²) in [6.07, 6.45) is 1.11. The van der Waals surface area contributed by atoms with Gasteiger partial charge in [0.15, 0.2) is 5.69 Å². The van der Waals surface area contributed by atoms with Crippen molar-refractivity contribution in [3.63, 3.8) is 0 Å². The second-order valence-electron chi connectivity index (χ2n) is 3.00. The van der Waals surface area contributed by atoms with E-state index < -0.39 is 4.92 Å². The Morgan fingerprint density at radius 1 is 1.25 bits per heavy atom. The molecule has 6 heteroatoms. The number of benzene rings is 1. The number of halogens is 1. The van der Waals surface area contributed by atoms with Crippen molar-refractivity contribution < 1.29 is 4.92 Å². The zero-order valence-electron chi connectivity index (χ0n) is 8.00. The van der Waals surface area contributed by atoms with Gasteiger partial charge in [-0.05, 0) is 11.6 Å². The van der Waals surface area contributed by atoms with Gasteiger partial charge in [0.05, 0.1) is 4.92 Å². The molecule has 1 aromatic carbocycles. The van der Waals surface area contributed by atoms with Crippen molar-refractivity contribution in [1.82, 2.24) is 9.97 Å². The molecule has 16 heavy (non-hydrogen) atoms. The van der Waals surface area contributed by atoms with Crippen molar-refractivity contribution in [3.8, 4) is 11.3 Å². The third-order valence-corrected chi connectivity index (χ3v) is 2.17. The summed E-state index contributed by atoms with van der Waals surface area (Å²) in [5.74, 6) is 0. The van der Waals surface area contributed by atoms with Gasteiger partial charge in [0.1, 0.15) is 6.20 Å². The Morgan fingerprint density at radius 2 is 1.94 bits per heavy atom. The van der Waals surface area contributed by atoms with Crippen LogP contribution in [0.3, 0.4) is 0 Å². The second-order valence-corrected chi connectivity index (χ2v) is 3.33. The predicted octanol–water partition coefficient (Wildman–Crippen LogP) is 2.71. The van der Waals surface area contributed by atoms with Gasteiger partial charge < -0.3 is 0 Å². The van der Waals surface area contributed by atoms with Crippen molar-refractivity contribution in [2.45, 2.75) is 0 Å². The molecule has 0 radical (unpaired) electrons. The molecule has 0 spiro atoms. The molecule has 0 amide bonds. The van der Waals surface area contributed by atoms with Crippen molar-refractivity contribution in [2.24, 2.45) is 0 Å². The first-order valence-corrected chi connectivity index (χ1v) is 4.78. The molecular weight excluding hydrogens is 230 g/mol. The minimum absolute atomic E-state index is 0.00977. The van der Waals surface area contributed by atoms with Crippen LogP contribution in [0.2, 0.25) is 5.28 Å². The minimum Gasteiger partial charge on any atom is -0.258 e. The van der Waals surface area contributed by atoms with Crippen LogP contribution < -0.4 is 0 Å². The highest BCUT2D eigenvalue weighted by atomic mass is 35.5. The molecular formula is C10H6ClN3O2. The Balaban J connectivity index is 2.63. The van der Waals surface area contributed by atoms with Crippen LogP contribution in [-0.2, 0) is 0 Å². The van der Waals surface area contributed by atoms with Gasteiger partial charge in [0.2, 0.25) is 5.28 Å². The van der Waals surface area contributed by atoms with Gasteiger partial charge >= 0.3 is 5.69 Å². The molecule has 0 aliphatic rings. The van der Waals surface area contributed by atoms with Crippen LogP contribution in [0.4, 0.5) is 5.69 Å². The number of hydrogen-bond donors (Lipinski definition) is 0. The highest BCUT2D eigenvalue weighted by Crippen LogP contribution is 2.27. The molecule has 1 heterocycles. The summed E-state index contributed by atoms with van der Waals surface area (Å²) in [5.41, 5.74) is 0.708. The first kappa shape index (κ1) is 10.5. The second kappa shape index (κ2) is 4.24. The van der Waals surface area contributed by atoms with Crippen molar-refractivity contribution in [1.29, 1.82) is 0 Å². The Labute approximate surface area is 95.9 Å². The van der Waals surface area contributed by atoms with Crippen LogP contribution in [0.25, 0.3) is 11.3 Å². The summed E-state index contributed by atoms with van der Waals surface area (Å²) in [6, 6.07) is 8.82.